The minimum absolute atomic E-state index is 0.623. The highest BCUT2D eigenvalue weighted by Gasteiger charge is 2.11. The van der Waals surface area contributed by atoms with Crippen LogP contribution in [0.2, 0.25) is 0 Å². The second-order valence-corrected chi connectivity index (χ2v) is 5.28. The summed E-state index contributed by atoms with van der Waals surface area (Å²) in [5.41, 5.74) is 0. The summed E-state index contributed by atoms with van der Waals surface area (Å²) < 4.78 is 0. The minimum Gasteiger partial charge on any atom is -0.315 e. The molecule has 0 aromatic rings. The Kier molecular flexibility index (Phi) is 8.07. The molecule has 0 bridgehead atoms. The predicted octanol–water partition coefficient (Wildman–Crippen LogP) is 2.74. The van der Waals surface area contributed by atoms with Crippen molar-refractivity contribution in [1.29, 1.82) is 0 Å². The zero-order chi connectivity index (χ0) is 11.8. The summed E-state index contributed by atoms with van der Waals surface area (Å²) in [6.07, 6.45) is 2.58. The summed E-state index contributed by atoms with van der Waals surface area (Å²) in [4.78, 5) is 2.47. The van der Waals surface area contributed by atoms with E-state index in [0.717, 1.165) is 12.5 Å². The van der Waals surface area contributed by atoms with Crippen molar-refractivity contribution in [2.75, 3.05) is 20.1 Å². The molecular weight excluding hydrogens is 184 g/mol. The quantitative estimate of drug-likeness (QED) is 0.625. The molecule has 0 aliphatic heterocycles. The zero-order valence-corrected chi connectivity index (χ0v) is 11.5. The molecule has 0 radical (unpaired) electrons. The van der Waals surface area contributed by atoms with E-state index in [1.54, 1.807) is 0 Å². The van der Waals surface area contributed by atoms with E-state index >= 15 is 0 Å². The summed E-state index contributed by atoms with van der Waals surface area (Å²) in [7, 11) is 2.24. The van der Waals surface area contributed by atoms with Crippen LogP contribution in [0.25, 0.3) is 0 Å². The fourth-order valence-electron chi connectivity index (χ4n) is 1.59. The highest BCUT2D eigenvalue weighted by atomic mass is 15.1. The van der Waals surface area contributed by atoms with Crippen LogP contribution < -0.4 is 5.32 Å². The third kappa shape index (κ3) is 7.80. The lowest BCUT2D eigenvalue weighted by atomic mass is 10.1. The largest absolute Gasteiger partial charge is 0.315 e. The van der Waals surface area contributed by atoms with E-state index in [-0.39, 0.29) is 0 Å². The van der Waals surface area contributed by atoms with Crippen molar-refractivity contribution >= 4 is 0 Å². The fourth-order valence-corrected chi connectivity index (χ4v) is 1.59. The zero-order valence-electron chi connectivity index (χ0n) is 11.5. The van der Waals surface area contributed by atoms with Gasteiger partial charge in [-0.05, 0) is 45.8 Å². The molecule has 1 unspecified atom stereocenters. The molecule has 0 aromatic carbocycles. The van der Waals surface area contributed by atoms with Crippen LogP contribution >= 0.6 is 0 Å². The fraction of sp³-hybridized carbons (Fsp3) is 1.00. The van der Waals surface area contributed by atoms with Crippen molar-refractivity contribution in [3.05, 3.63) is 0 Å². The predicted molar refractivity (Wildman–Crippen MR) is 69.3 cm³/mol. The molecule has 0 saturated carbocycles. The van der Waals surface area contributed by atoms with Crippen molar-refractivity contribution in [2.24, 2.45) is 5.92 Å². The summed E-state index contributed by atoms with van der Waals surface area (Å²) in [6, 6.07) is 1.32. The van der Waals surface area contributed by atoms with E-state index in [4.69, 9.17) is 0 Å². The molecule has 0 amide bonds. The molecule has 0 aliphatic rings. The summed E-state index contributed by atoms with van der Waals surface area (Å²) >= 11 is 0. The van der Waals surface area contributed by atoms with Gasteiger partial charge >= 0.3 is 0 Å². The molecule has 0 heterocycles. The molecule has 0 fully saturated rings. The first-order valence-electron chi connectivity index (χ1n) is 6.38. The van der Waals surface area contributed by atoms with Crippen molar-refractivity contribution in [2.45, 2.75) is 59.5 Å². The number of nitrogens with zero attached hydrogens (tertiary/aromatic N) is 1. The minimum atomic E-state index is 0.623. The standard InChI is InChI=1S/C13H30N2/c1-11(2)13(5)15(6)10-8-7-9-14-12(3)4/h11-14H,7-10H2,1-6H3. The number of unbranched alkanes of at least 4 members (excludes halogenated alkanes) is 1. The molecule has 0 rings (SSSR count). The van der Waals surface area contributed by atoms with Gasteiger partial charge in [-0.1, -0.05) is 27.7 Å². The molecule has 1 atom stereocenters. The molecule has 92 valence electrons. The molecule has 0 aromatic heterocycles. The Morgan fingerprint density at radius 3 is 2.07 bits per heavy atom. The van der Waals surface area contributed by atoms with Crippen molar-refractivity contribution in [3.8, 4) is 0 Å². The lowest BCUT2D eigenvalue weighted by Crippen LogP contribution is -2.34. The van der Waals surface area contributed by atoms with Gasteiger partial charge in [0.15, 0.2) is 0 Å². The van der Waals surface area contributed by atoms with Gasteiger partial charge in [0, 0.05) is 12.1 Å². The summed E-state index contributed by atoms with van der Waals surface area (Å²) in [5, 5.41) is 3.45. The topological polar surface area (TPSA) is 15.3 Å². The Hall–Kier alpha value is -0.0800. The number of hydrogen-bond donors (Lipinski definition) is 1. The van der Waals surface area contributed by atoms with Crippen LogP contribution in [-0.4, -0.2) is 37.1 Å². The van der Waals surface area contributed by atoms with Crippen LogP contribution in [0, 0.1) is 5.92 Å². The number of rotatable bonds is 8. The first-order chi connectivity index (χ1) is 6.95. The molecule has 0 spiro atoms. The van der Waals surface area contributed by atoms with Gasteiger partial charge in [-0.3, -0.25) is 0 Å². The third-order valence-corrected chi connectivity index (χ3v) is 3.15. The van der Waals surface area contributed by atoms with E-state index in [1.807, 2.05) is 0 Å². The molecule has 2 heteroatoms. The molecule has 15 heavy (non-hydrogen) atoms. The average Bonchev–Trinajstić information content (AvgIpc) is 2.15. The van der Waals surface area contributed by atoms with Crippen LogP contribution in [0.1, 0.15) is 47.5 Å². The van der Waals surface area contributed by atoms with Crippen LogP contribution in [0.5, 0.6) is 0 Å². The van der Waals surface area contributed by atoms with Crippen molar-refractivity contribution < 1.29 is 0 Å². The third-order valence-electron chi connectivity index (χ3n) is 3.15. The van der Waals surface area contributed by atoms with E-state index in [0.29, 0.717) is 12.1 Å². The Bertz CT molecular complexity index is 143. The molecule has 0 aliphatic carbocycles. The van der Waals surface area contributed by atoms with Gasteiger partial charge in [-0.15, -0.1) is 0 Å². The average molecular weight is 214 g/mol. The summed E-state index contributed by atoms with van der Waals surface area (Å²) in [6.45, 7) is 13.7. The second-order valence-electron chi connectivity index (χ2n) is 5.28. The van der Waals surface area contributed by atoms with Gasteiger partial charge in [-0.2, -0.15) is 0 Å². The number of nitrogens with one attached hydrogen (secondary N) is 1. The highest BCUT2D eigenvalue weighted by molar-refractivity contribution is 4.66. The van der Waals surface area contributed by atoms with Crippen LogP contribution in [0.3, 0.4) is 0 Å². The lowest BCUT2D eigenvalue weighted by Gasteiger charge is -2.27. The Balaban J connectivity index is 3.42. The van der Waals surface area contributed by atoms with E-state index in [1.165, 1.54) is 19.4 Å². The van der Waals surface area contributed by atoms with Gasteiger partial charge in [0.1, 0.15) is 0 Å². The Labute approximate surface area is 96.4 Å². The first-order valence-corrected chi connectivity index (χ1v) is 6.38. The lowest BCUT2D eigenvalue weighted by molar-refractivity contribution is 0.204. The maximum absolute atomic E-state index is 3.45. The highest BCUT2D eigenvalue weighted by Crippen LogP contribution is 2.08. The van der Waals surface area contributed by atoms with E-state index < -0.39 is 0 Å². The van der Waals surface area contributed by atoms with Gasteiger partial charge in [0.05, 0.1) is 0 Å². The maximum Gasteiger partial charge on any atom is 0.00868 e. The van der Waals surface area contributed by atoms with Crippen LogP contribution in [-0.2, 0) is 0 Å². The Morgan fingerprint density at radius 2 is 1.60 bits per heavy atom. The van der Waals surface area contributed by atoms with Gasteiger partial charge < -0.3 is 10.2 Å². The first kappa shape index (κ1) is 14.9. The monoisotopic (exact) mass is 214 g/mol. The molecule has 0 saturated heterocycles. The smallest absolute Gasteiger partial charge is 0.00868 e. The van der Waals surface area contributed by atoms with E-state index in [2.05, 4.69) is 51.9 Å². The summed E-state index contributed by atoms with van der Waals surface area (Å²) in [5.74, 6) is 0.754. The SMILES string of the molecule is CC(C)NCCCCN(C)C(C)C(C)C. The Morgan fingerprint density at radius 1 is 1.00 bits per heavy atom. The van der Waals surface area contributed by atoms with E-state index in [9.17, 15) is 0 Å². The van der Waals surface area contributed by atoms with Crippen molar-refractivity contribution in [1.82, 2.24) is 10.2 Å². The maximum atomic E-state index is 3.45. The van der Waals surface area contributed by atoms with Gasteiger partial charge in [0.25, 0.3) is 0 Å². The molecule has 2 nitrogen and oxygen atoms in total. The van der Waals surface area contributed by atoms with Crippen LogP contribution in [0.4, 0.5) is 0 Å². The number of hydrogen-bond acceptors (Lipinski definition) is 2. The van der Waals surface area contributed by atoms with Gasteiger partial charge in [-0.25, -0.2) is 0 Å². The van der Waals surface area contributed by atoms with Crippen LogP contribution in [0.15, 0.2) is 0 Å². The normalized spacial score (nSPS) is 14.2. The molecule has 1 N–H and O–H groups in total. The second kappa shape index (κ2) is 8.12. The van der Waals surface area contributed by atoms with Gasteiger partial charge in [0.2, 0.25) is 0 Å². The molecular formula is C13H30N2. The van der Waals surface area contributed by atoms with Crippen molar-refractivity contribution in [3.63, 3.8) is 0 Å².